The van der Waals surface area contributed by atoms with Crippen LogP contribution in [0.3, 0.4) is 0 Å². The maximum Gasteiger partial charge on any atom is 0.264 e. The van der Waals surface area contributed by atoms with Gasteiger partial charge in [-0.25, -0.2) is 8.42 Å². The van der Waals surface area contributed by atoms with Crippen molar-refractivity contribution in [3.05, 3.63) is 54.1 Å². The molecule has 0 aliphatic carbocycles. The molecule has 140 valence electrons. The third-order valence-electron chi connectivity index (χ3n) is 4.56. The second kappa shape index (κ2) is 8.07. The van der Waals surface area contributed by atoms with Crippen LogP contribution in [0.15, 0.2) is 53.4 Å². The molecule has 0 saturated carbocycles. The Balaban J connectivity index is 1.92. The normalized spacial score (nSPS) is 17.0. The van der Waals surface area contributed by atoms with E-state index in [4.69, 9.17) is 15.2 Å². The van der Waals surface area contributed by atoms with Gasteiger partial charge in [0.15, 0.2) is 0 Å². The number of nitrogens with zero attached hydrogens (tertiary/aromatic N) is 1. The van der Waals surface area contributed by atoms with E-state index in [0.29, 0.717) is 44.2 Å². The van der Waals surface area contributed by atoms with E-state index >= 15 is 0 Å². The molecule has 0 spiro atoms. The van der Waals surface area contributed by atoms with E-state index in [-0.39, 0.29) is 10.8 Å². The molecular formula is C19H24N2O4S. The lowest BCUT2D eigenvalue weighted by molar-refractivity contribution is 0.146. The highest BCUT2D eigenvalue weighted by Crippen LogP contribution is 2.37. The van der Waals surface area contributed by atoms with Gasteiger partial charge in [0.25, 0.3) is 10.0 Å². The highest BCUT2D eigenvalue weighted by Gasteiger charge is 2.32. The topological polar surface area (TPSA) is 81.9 Å². The Kier molecular flexibility index (Phi) is 5.80. The number of benzene rings is 2. The Morgan fingerprint density at radius 3 is 2.73 bits per heavy atom. The first-order chi connectivity index (χ1) is 12.6. The van der Waals surface area contributed by atoms with E-state index < -0.39 is 10.0 Å². The van der Waals surface area contributed by atoms with Crippen LogP contribution in [0.25, 0.3) is 0 Å². The number of anilines is 1. The minimum Gasteiger partial charge on any atom is -0.491 e. The predicted molar refractivity (Wildman–Crippen MR) is 101 cm³/mol. The van der Waals surface area contributed by atoms with Crippen molar-refractivity contribution < 1.29 is 17.9 Å². The maximum absolute atomic E-state index is 13.2. The van der Waals surface area contributed by atoms with Crippen LogP contribution in [0.1, 0.15) is 17.9 Å². The number of ether oxygens (including phenoxy) is 2. The van der Waals surface area contributed by atoms with Crippen molar-refractivity contribution in [2.45, 2.75) is 17.2 Å². The van der Waals surface area contributed by atoms with Crippen LogP contribution < -0.4 is 14.8 Å². The molecule has 1 aliphatic rings. The molecule has 0 aromatic heterocycles. The molecule has 0 saturated heterocycles. The van der Waals surface area contributed by atoms with Gasteiger partial charge in [0.1, 0.15) is 12.4 Å². The Labute approximate surface area is 154 Å². The van der Waals surface area contributed by atoms with E-state index in [2.05, 4.69) is 0 Å². The van der Waals surface area contributed by atoms with Crippen LogP contribution >= 0.6 is 0 Å². The molecule has 2 aromatic rings. The molecule has 3 rings (SSSR count). The minimum absolute atomic E-state index is 0.182. The minimum atomic E-state index is -3.68. The monoisotopic (exact) mass is 376 g/mol. The first-order valence-electron chi connectivity index (χ1n) is 8.61. The van der Waals surface area contributed by atoms with E-state index in [1.54, 1.807) is 31.4 Å². The van der Waals surface area contributed by atoms with Gasteiger partial charge in [-0.2, -0.15) is 0 Å². The standard InChI is InChI=1S/C19H24N2O4S/c1-24-11-12-25-16-5-4-6-17(13-16)26(22,23)21-10-9-15(14-20)18-7-2-3-8-19(18)21/h2-8,13,15H,9-12,14,20H2,1H3. The molecule has 6 nitrogen and oxygen atoms in total. The number of methoxy groups -OCH3 is 1. The van der Waals surface area contributed by atoms with E-state index in [1.165, 1.54) is 4.31 Å². The van der Waals surface area contributed by atoms with Crippen molar-refractivity contribution in [1.82, 2.24) is 0 Å². The lowest BCUT2D eigenvalue weighted by atomic mass is 9.91. The Hall–Kier alpha value is -2.09. The second-order valence-electron chi connectivity index (χ2n) is 6.17. The van der Waals surface area contributed by atoms with Crippen LogP contribution in [0, 0.1) is 0 Å². The van der Waals surface area contributed by atoms with Gasteiger partial charge in [-0.3, -0.25) is 4.31 Å². The van der Waals surface area contributed by atoms with Crippen molar-refractivity contribution in [2.75, 3.05) is 37.7 Å². The Morgan fingerprint density at radius 1 is 1.15 bits per heavy atom. The van der Waals surface area contributed by atoms with Gasteiger partial charge in [-0.05, 0) is 42.6 Å². The molecule has 0 fully saturated rings. The number of hydrogen-bond donors (Lipinski definition) is 1. The Morgan fingerprint density at radius 2 is 1.96 bits per heavy atom. The summed E-state index contributed by atoms with van der Waals surface area (Å²) in [4.78, 5) is 0.216. The number of nitrogens with two attached hydrogens (primary N) is 1. The summed E-state index contributed by atoms with van der Waals surface area (Å²) in [5.41, 5.74) is 7.56. The highest BCUT2D eigenvalue weighted by atomic mass is 32.2. The van der Waals surface area contributed by atoms with Crippen LogP contribution in [0.4, 0.5) is 5.69 Å². The summed E-state index contributed by atoms with van der Waals surface area (Å²) in [6.45, 7) is 1.73. The second-order valence-corrected chi connectivity index (χ2v) is 8.04. The van der Waals surface area contributed by atoms with Crippen LogP contribution in [0.2, 0.25) is 0 Å². The van der Waals surface area contributed by atoms with Gasteiger partial charge in [0.05, 0.1) is 17.2 Å². The van der Waals surface area contributed by atoms with Gasteiger partial charge in [0, 0.05) is 19.7 Å². The molecule has 0 amide bonds. The summed E-state index contributed by atoms with van der Waals surface area (Å²) in [5, 5.41) is 0. The third-order valence-corrected chi connectivity index (χ3v) is 6.37. The van der Waals surface area contributed by atoms with Crippen molar-refractivity contribution in [3.63, 3.8) is 0 Å². The molecule has 0 bridgehead atoms. The quantitative estimate of drug-likeness (QED) is 0.750. The molecule has 0 radical (unpaired) electrons. The first kappa shape index (κ1) is 18.7. The Bertz CT molecular complexity index is 854. The molecule has 1 atom stereocenters. The van der Waals surface area contributed by atoms with Gasteiger partial charge < -0.3 is 15.2 Å². The predicted octanol–water partition coefficient (Wildman–Crippen LogP) is 2.35. The summed E-state index contributed by atoms with van der Waals surface area (Å²) in [7, 11) is -2.09. The average molecular weight is 376 g/mol. The molecule has 2 N–H and O–H groups in total. The van der Waals surface area contributed by atoms with Gasteiger partial charge in [0.2, 0.25) is 0 Å². The smallest absolute Gasteiger partial charge is 0.264 e. The van der Waals surface area contributed by atoms with E-state index in [9.17, 15) is 8.42 Å². The molecule has 7 heteroatoms. The van der Waals surface area contributed by atoms with E-state index in [1.807, 2.05) is 24.3 Å². The molecule has 2 aromatic carbocycles. The van der Waals surface area contributed by atoms with Crippen molar-refractivity contribution in [1.29, 1.82) is 0 Å². The number of para-hydroxylation sites is 1. The molecule has 1 heterocycles. The fourth-order valence-electron chi connectivity index (χ4n) is 3.20. The van der Waals surface area contributed by atoms with Gasteiger partial charge in [-0.1, -0.05) is 24.3 Å². The molecule has 1 unspecified atom stereocenters. The number of sulfonamides is 1. The average Bonchev–Trinajstić information content (AvgIpc) is 2.67. The number of fused-ring (bicyclic) bond motifs is 1. The zero-order chi connectivity index (χ0) is 18.6. The fourth-order valence-corrected chi connectivity index (χ4v) is 4.74. The van der Waals surface area contributed by atoms with E-state index in [0.717, 1.165) is 5.56 Å². The van der Waals surface area contributed by atoms with Crippen LogP contribution in [0.5, 0.6) is 5.75 Å². The van der Waals surface area contributed by atoms with Crippen LogP contribution in [-0.2, 0) is 14.8 Å². The van der Waals surface area contributed by atoms with Crippen LogP contribution in [-0.4, -0.2) is 41.8 Å². The van der Waals surface area contributed by atoms with Gasteiger partial charge >= 0.3 is 0 Å². The fraction of sp³-hybridized carbons (Fsp3) is 0.368. The van der Waals surface area contributed by atoms with Crippen molar-refractivity contribution >= 4 is 15.7 Å². The number of rotatable bonds is 7. The van der Waals surface area contributed by atoms with Crippen molar-refractivity contribution in [2.24, 2.45) is 5.73 Å². The lowest BCUT2D eigenvalue weighted by Gasteiger charge is -2.34. The summed E-state index contributed by atoms with van der Waals surface area (Å²) < 4.78 is 38.5. The zero-order valence-corrected chi connectivity index (χ0v) is 15.6. The lowest BCUT2D eigenvalue weighted by Crippen LogP contribution is -2.38. The molecular weight excluding hydrogens is 352 g/mol. The highest BCUT2D eigenvalue weighted by molar-refractivity contribution is 7.92. The maximum atomic E-state index is 13.2. The largest absolute Gasteiger partial charge is 0.491 e. The number of hydrogen-bond acceptors (Lipinski definition) is 5. The van der Waals surface area contributed by atoms with Gasteiger partial charge in [-0.15, -0.1) is 0 Å². The third kappa shape index (κ3) is 3.70. The molecule has 1 aliphatic heterocycles. The SMILES string of the molecule is COCCOc1cccc(S(=O)(=O)N2CCC(CN)c3ccccc32)c1. The zero-order valence-electron chi connectivity index (χ0n) is 14.8. The summed E-state index contributed by atoms with van der Waals surface area (Å²) in [6, 6.07) is 14.1. The first-order valence-corrected chi connectivity index (χ1v) is 10.1. The summed E-state index contributed by atoms with van der Waals surface area (Å²) >= 11 is 0. The molecule has 26 heavy (non-hydrogen) atoms. The summed E-state index contributed by atoms with van der Waals surface area (Å²) in [6.07, 6.45) is 0.705. The summed E-state index contributed by atoms with van der Waals surface area (Å²) in [5.74, 6) is 0.689. The van der Waals surface area contributed by atoms with Crippen molar-refractivity contribution in [3.8, 4) is 5.75 Å².